The molecule has 1 atom stereocenters. The summed E-state index contributed by atoms with van der Waals surface area (Å²) in [6, 6.07) is 13.9. The second-order valence-electron chi connectivity index (χ2n) is 7.02. The number of amides is 4. The molecule has 0 saturated carbocycles. The van der Waals surface area contributed by atoms with Gasteiger partial charge in [0, 0.05) is 31.9 Å². The van der Waals surface area contributed by atoms with Gasteiger partial charge in [0.25, 0.3) is 0 Å². The highest BCUT2D eigenvalue weighted by Crippen LogP contribution is 2.31. The molecule has 30 heavy (non-hydrogen) atoms. The van der Waals surface area contributed by atoms with Crippen molar-refractivity contribution in [1.29, 1.82) is 0 Å². The third-order valence-corrected chi connectivity index (χ3v) is 5.13. The van der Waals surface area contributed by atoms with E-state index in [2.05, 4.69) is 10.6 Å². The van der Waals surface area contributed by atoms with Crippen molar-refractivity contribution in [3.8, 4) is 17.2 Å². The van der Waals surface area contributed by atoms with Crippen molar-refractivity contribution in [3.05, 3.63) is 48.5 Å². The summed E-state index contributed by atoms with van der Waals surface area (Å²) in [5.74, 6) is 0.731. The number of carbonyl (C=O) groups excluding carboxylic acids is 3. The number of carbonyl (C=O) groups is 3. The molecule has 9 nitrogen and oxygen atoms in total. The maximum absolute atomic E-state index is 12.6. The van der Waals surface area contributed by atoms with Crippen molar-refractivity contribution in [2.24, 2.45) is 0 Å². The highest BCUT2D eigenvalue weighted by atomic mass is 16.5. The summed E-state index contributed by atoms with van der Waals surface area (Å²) in [4.78, 5) is 39.2. The lowest BCUT2D eigenvalue weighted by Crippen LogP contribution is -2.66. The average molecular weight is 410 g/mol. The Morgan fingerprint density at radius 2 is 1.80 bits per heavy atom. The van der Waals surface area contributed by atoms with E-state index in [-0.39, 0.29) is 12.1 Å². The van der Waals surface area contributed by atoms with E-state index >= 15 is 0 Å². The molecule has 4 rings (SSSR count). The minimum atomic E-state index is -0.584. The number of para-hydroxylation sites is 2. The van der Waals surface area contributed by atoms with Crippen LogP contribution in [0.4, 0.5) is 10.5 Å². The summed E-state index contributed by atoms with van der Waals surface area (Å²) < 4.78 is 11.1. The molecule has 2 fully saturated rings. The first kappa shape index (κ1) is 19.6. The molecule has 2 saturated heterocycles. The van der Waals surface area contributed by atoms with Crippen LogP contribution in [-0.2, 0) is 9.59 Å². The van der Waals surface area contributed by atoms with Gasteiger partial charge in [-0.25, -0.2) is 4.79 Å². The molecule has 0 bridgehead atoms. The number of ether oxygens (including phenoxy) is 2. The zero-order valence-electron chi connectivity index (χ0n) is 16.5. The third kappa shape index (κ3) is 4.00. The van der Waals surface area contributed by atoms with Gasteiger partial charge in [0.1, 0.15) is 5.75 Å². The fraction of sp³-hybridized carbons (Fsp3) is 0.286. The topological polar surface area (TPSA) is 100 Å². The average Bonchev–Trinajstić information content (AvgIpc) is 2.78. The van der Waals surface area contributed by atoms with E-state index in [9.17, 15) is 14.4 Å². The molecule has 4 amide bonds. The first-order valence-electron chi connectivity index (χ1n) is 9.61. The zero-order chi connectivity index (χ0) is 21.1. The number of rotatable bonds is 4. The number of hydrogen-bond donors (Lipinski definition) is 2. The molecule has 2 aliphatic heterocycles. The van der Waals surface area contributed by atoms with E-state index in [0.29, 0.717) is 49.1 Å². The smallest absolute Gasteiger partial charge is 0.321 e. The van der Waals surface area contributed by atoms with Crippen molar-refractivity contribution < 1.29 is 23.9 Å². The highest BCUT2D eigenvalue weighted by molar-refractivity contribution is 6.35. The van der Waals surface area contributed by atoms with Crippen LogP contribution in [-0.4, -0.2) is 67.0 Å². The van der Waals surface area contributed by atoms with Crippen LogP contribution in [0.25, 0.3) is 0 Å². The lowest BCUT2D eigenvalue weighted by molar-refractivity contribution is -0.152. The van der Waals surface area contributed by atoms with Crippen LogP contribution < -0.4 is 20.1 Å². The number of urea groups is 1. The molecule has 2 N–H and O–H groups in total. The third-order valence-electron chi connectivity index (χ3n) is 5.13. The van der Waals surface area contributed by atoms with Gasteiger partial charge in [-0.3, -0.25) is 9.59 Å². The number of fused-ring (bicyclic) bond motifs is 1. The van der Waals surface area contributed by atoms with Crippen LogP contribution in [0.5, 0.6) is 17.2 Å². The zero-order valence-corrected chi connectivity index (χ0v) is 16.5. The molecule has 0 spiro atoms. The van der Waals surface area contributed by atoms with Crippen LogP contribution in [0.1, 0.15) is 0 Å². The Morgan fingerprint density at radius 3 is 2.53 bits per heavy atom. The van der Waals surface area contributed by atoms with Crippen LogP contribution in [0.2, 0.25) is 0 Å². The van der Waals surface area contributed by atoms with Gasteiger partial charge >= 0.3 is 17.8 Å². The number of nitrogens with one attached hydrogen (secondary N) is 2. The number of nitrogens with zero attached hydrogens (tertiary/aromatic N) is 2. The summed E-state index contributed by atoms with van der Waals surface area (Å²) >= 11 is 0. The van der Waals surface area contributed by atoms with Gasteiger partial charge in [0.15, 0.2) is 11.5 Å². The number of benzene rings is 2. The first-order chi connectivity index (χ1) is 14.5. The van der Waals surface area contributed by atoms with Crippen LogP contribution >= 0.6 is 0 Å². The molecule has 2 aromatic carbocycles. The summed E-state index contributed by atoms with van der Waals surface area (Å²) in [5.41, 5.74) is 0.628. The minimum Gasteiger partial charge on any atom is -0.493 e. The molecule has 156 valence electrons. The van der Waals surface area contributed by atoms with Gasteiger partial charge in [-0.15, -0.1) is 0 Å². The van der Waals surface area contributed by atoms with Crippen molar-refractivity contribution >= 4 is 23.5 Å². The van der Waals surface area contributed by atoms with E-state index in [4.69, 9.17) is 9.47 Å². The fourth-order valence-electron chi connectivity index (χ4n) is 3.54. The van der Waals surface area contributed by atoms with Gasteiger partial charge in [-0.1, -0.05) is 12.1 Å². The molecule has 0 aliphatic carbocycles. The van der Waals surface area contributed by atoms with Gasteiger partial charge in [-0.2, -0.15) is 0 Å². The van der Waals surface area contributed by atoms with E-state index in [1.807, 2.05) is 24.3 Å². The lowest BCUT2D eigenvalue weighted by Gasteiger charge is -2.43. The second-order valence-corrected chi connectivity index (χ2v) is 7.02. The fourth-order valence-corrected chi connectivity index (χ4v) is 3.54. The summed E-state index contributed by atoms with van der Waals surface area (Å²) in [5, 5.41) is 5.42. The number of methoxy groups -OCH3 is 1. The first-order valence-corrected chi connectivity index (χ1v) is 9.61. The quantitative estimate of drug-likeness (QED) is 0.747. The molecule has 0 radical (unpaired) electrons. The lowest BCUT2D eigenvalue weighted by atomic mass is 10.1. The minimum absolute atomic E-state index is 0.202. The summed E-state index contributed by atoms with van der Waals surface area (Å²) in [7, 11) is 1.58. The molecular weight excluding hydrogens is 388 g/mol. The molecule has 0 unspecified atom stereocenters. The normalized spacial score (nSPS) is 18.4. The molecule has 9 heteroatoms. The monoisotopic (exact) mass is 410 g/mol. The Labute approximate surface area is 173 Å². The Kier molecular flexibility index (Phi) is 5.42. The molecular formula is C21H22N4O5. The summed E-state index contributed by atoms with van der Waals surface area (Å²) in [6.45, 7) is 1.43. The van der Waals surface area contributed by atoms with Crippen molar-refractivity contribution in [2.75, 3.05) is 38.6 Å². The Bertz CT molecular complexity index is 962. The molecule has 0 aromatic heterocycles. The molecule has 2 aliphatic rings. The Morgan fingerprint density at radius 1 is 1.07 bits per heavy atom. The molecule has 2 aromatic rings. The maximum atomic E-state index is 12.6. The number of piperazine rings is 2. The van der Waals surface area contributed by atoms with Gasteiger partial charge in [0.2, 0.25) is 0 Å². The van der Waals surface area contributed by atoms with Gasteiger partial charge in [-0.05, 0) is 36.4 Å². The van der Waals surface area contributed by atoms with Crippen molar-refractivity contribution in [3.63, 3.8) is 0 Å². The van der Waals surface area contributed by atoms with Crippen LogP contribution in [0.3, 0.4) is 0 Å². The maximum Gasteiger partial charge on any atom is 0.321 e. The van der Waals surface area contributed by atoms with Crippen molar-refractivity contribution in [2.45, 2.75) is 6.04 Å². The van der Waals surface area contributed by atoms with Gasteiger partial charge < -0.3 is 29.9 Å². The van der Waals surface area contributed by atoms with E-state index in [1.165, 1.54) is 4.90 Å². The summed E-state index contributed by atoms with van der Waals surface area (Å²) in [6.07, 6.45) is 0. The standard InChI is InChI=1S/C21H22N4O5/c1-29-17-4-2-3-5-18(17)30-16-8-6-14(7-9-16)23-21(28)24-10-11-25-15(13-24)12-22-19(26)20(25)27/h2-9,15H,10-13H2,1H3,(H,22,26)(H,23,28)/t15-/m1/s1. The Hall–Kier alpha value is -3.75. The van der Waals surface area contributed by atoms with Crippen LogP contribution in [0.15, 0.2) is 48.5 Å². The predicted octanol–water partition coefficient (Wildman–Crippen LogP) is 1.66. The SMILES string of the molecule is COc1ccccc1Oc1ccc(NC(=O)N2CCN3C(=O)C(=O)NC[C@@H]3C2)cc1. The van der Waals surface area contributed by atoms with Crippen molar-refractivity contribution in [1.82, 2.24) is 15.1 Å². The van der Waals surface area contributed by atoms with E-state index in [1.54, 1.807) is 36.3 Å². The second kappa shape index (κ2) is 8.32. The molecule has 2 heterocycles. The largest absolute Gasteiger partial charge is 0.493 e. The number of anilines is 1. The highest BCUT2D eigenvalue weighted by Gasteiger charge is 2.38. The number of hydrogen-bond acceptors (Lipinski definition) is 5. The predicted molar refractivity (Wildman–Crippen MR) is 109 cm³/mol. The van der Waals surface area contributed by atoms with E-state index in [0.717, 1.165) is 0 Å². The van der Waals surface area contributed by atoms with E-state index < -0.39 is 11.8 Å². The van der Waals surface area contributed by atoms with Crippen LogP contribution in [0, 0.1) is 0 Å². The Balaban J connectivity index is 1.35. The van der Waals surface area contributed by atoms with Gasteiger partial charge in [0.05, 0.1) is 13.2 Å².